The molecule has 1 N–H and O–H groups in total. The molecule has 1 rings (SSSR count). The third-order valence-corrected chi connectivity index (χ3v) is 1.75. The second-order valence-corrected chi connectivity index (χ2v) is 2.78. The van der Waals surface area contributed by atoms with Crippen LogP contribution < -0.4 is 5.32 Å². The number of carbonyl (C=O) groups is 1. The van der Waals surface area contributed by atoms with Crippen molar-refractivity contribution in [3.05, 3.63) is 41.4 Å². The molecule has 0 amide bonds. The van der Waals surface area contributed by atoms with Crippen molar-refractivity contribution in [2.45, 2.75) is 0 Å². The summed E-state index contributed by atoms with van der Waals surface area (Å²) in [6.45, 7) is 0. The predicted molar refractivity (Wildman–Crippen MR) is 54.7 cm³/mol. The zero-order valence-corrected chi connectivity index (χ0v) is 8.07. The molecule has 1 aromatic carbocycles. The van der Waals surface area contributed by atoms with Gasteiger partial charge in [-0.25, -0.2) is 4.39 Å². The monoisotopic (exact) mass is 215 g/mol. The van der Waals surface area contributed by atoms with Crippen LogP contribution in [0, 0.1) is 28.5 Å². The van der Waals surface area contributed by atoms with E-state index in [1.165, 1.54) is 12.1 Å². The number of hydrogen-bond acceptors (Lipinski definition) is 4. The third-order valence-electron chi connectivity index (χ3n) is 1.75. The first-order valence-electron chi connectivity index (χ1n) is 4.23. The Morgan fingerprint density at radius 1 is 1.38 bits per heavy atom. The van der Waals surface area contributed by atoms with Gasteiger partial charge in [-0.05, 0) is 18.2 Å². The normalized spacial score (nSPS) is 8.44. The van der Waals surface area contributed by atoms with Gasteiger partial charge in [-0.2, -0.15) is 10.5 Å². The zero-order chi connectivity index (χ0) is 12.0. The van der Waals surface area contributed by atoms with Crippen molar-refractivity contribution in [2.24, 2.45) is 0 Å². The summed E-state index contributed by atoms with van der Waals surface area (Å²) in [5.74, 6) is -0.530. The van der Waals surface area contributed by atoms with E-state index in [9.17, 15) is 9.18 Å². The number of nitrogens with one attached hydrogen (secondary N) is 1. The highest BCUT2D eigenvalue weighted by molar-refractivity contribution is 5.84. The number of allylic oxidation sites excluding steroid dienone is 1. The number of benzene rings is 1. The number of carbonyl (C=O) groups excluding carboxylic acids is 1. The molecular weight excluding hydrogens is 209 g/mol. The van der Waals surface area contributed by atoms with Crippen molar-refractivity contribution in [3.8, 4) is 12.1 Å². The van der Waals surface area contributed by atoms with Crippen LogP contribution in [0.3, 0.4) is 0 Å². The van der Waals surface area contributed by atoms with E-state index in [1.54, 1.807) is 12.1 Å². The number of nitriles is 2. The van der Waals surface area contributed by atoms with Crippen LogP contribution >= 0.6 is 0 Å². The summed E-state index contributed by atoms with van der Waals surface area (Å²) in [5.41, 5.74) is 0.312. The molecule has 16 heavy (non-hydrogen) atoms. The van der Waals surface area contributed by atoms with Crippen LogP contribution in [0.25, 0.3) is 0 Å². The Morgan fingerprint density at radius 2 is 2.06 bits per heavy atom. The first-order valence-corrected chi connectivity index (χ1v) is 4.23. The topological polar surface area (TPSA) is 76.7 Å². The minimum atomic E-state index is -0.530. The van der Waals surface area contributed by atoms with Crippen molar-refractivity contribution in [2.75, 3.05) is 5.32 Å². The van der Waals surface area contributed by atoms with E-state index in [-0.39, 0.29) is 11.1 Å². The fraction of sp³-hybridized carbons (Fsp3) is 0. The van der Waals surface area contributed by atoms with Gasteiger partial charge in [-0.15, -0.1) is 0 Å². The molecule has 78 valence electrons. The molecule has 0 saturated heterocycles. The molecule has 0 spiro atoms. The van der Waals surface area contributed by atoms with Gasteiger partial charge in [0.05, 0.1) is 0 Å². The van der Waals surface area contributed by atoms with Crippen molar-refractivity contribution in [3.63, 3.8) is 0 Å². The Bertz CT molecular complexity index is 507. The van der Waals surface area contributed by atoms with Crippen molar-refractivity contribution >= 4 is 12.0 Å². The maximum Gasteiger partial charge on any atom is 0.152 e. The summed E-state index contributed by atoms with van der Waals surface area (Å²) in [7, 11) is 0. The second kappa shape index (κ2) is 5.28. The van der Waals surface area contributed by atoms with Gasteiger partial charge in [-0.3, -0.25) is 4.79 Å². The average molecular weight is 215 g/mol. The van der Waals surface area contributed by atoms with Gasteiger partial charge in [0, 0.05) is 17.5 Å². The van der Waals surface area contributed by atoms with Crippen LogP contribution in [0.5, 0.6) is 0 Å². The fourth-order valence-corrected chi connectivity index (χ4v) is 1.00. The number of aldehydes is 1. The van der Waals surface area contributed by atoms with Gasteiger partial charge in [0.1, 0.15) is 23.5 Å². The molecule has 0 aliphatic rings. The Balaban J connectivity index is 3.00. The number of hydrogen-bond donors (Lipinski definition) is 1. The summed E-state index contributed by atoms with van der Waals surface area (Å²) >= 11 is 0. The molecule has 4 nitrogen and oxygen atoms in total. The summed E-state index contributed by atoms with van der Waals surface area (Å²) in [4.78, 5) is 10.6. The van der Waals surface area contributed by atoms with Crippen LogP contribution in [0.2, 0.25) is 0 Å². The Kier molecular flexibility index (Phi) is 3.77. The van der Waals surface area contributed by atoms with Gasteiger partial charge in [-0.1, -0.05) is 0 Å². The molecule has 0 bridgehead atoms. The van der Waals surface area contributed by atoms with Gasteiger partial charge in [0.15, 0.2) is 6.29 Å². The highest BCUT2D eigenvalue weighted by atomic mass is 19.1. The van der Waals surface area contributed by atoms with E-state index in [4.69, 9.17) is 10.5 Å². The van der Waals surface area contributed by atoms with Crippen molar-refractivity contribution in [1.82, 2.24) is 0 Å². The van der Waals surface area contributed by atoms with E-state index in [2.05, 4.69) is 5.32 Å². The fourth-order valence-electron chi connectivity index (χ4n) is 1.00. The molecule has 0 atom stereocenters. The molecule has 5 heteroatoms. The van der Waals surface area contributed by atoms with Crippen molar-refractivity contribution < 1.29 is 9.18 Å². The zero-order valence-electron chi connectivity index (χ0n) is 8.07. The molecule has 0 unspecified atom stereocenters. The van der Waals surface area contributed by atoms with E-state index in [0.717, 1.165) is 12.3 Å². The molecular formula is C11H6FN3O. The molecule has 0 heterocycles. The minimum absolute atomic E-state index is 0.117. The number of nitrogens with zero attached hydrogens (tertiary/aromatic N) is 2. The van der Waals surface area contributed by atoms with Crippen LogP contribution in [0.1, 0.15) is 10.4 Å². The predicted octanol–water partition coefficient (Wildman–Crippen LogP) is 1.98. The van der Waals surface area contributed by atoms with Gasteiger partial charge >= 0.3 is 0 Å². The third kappa shape index (κ3) is 2.66. The van der Waals surface area contributed by atoms with Crippen LogP contribution in [0.4, 0.5) is 10.1 Å². The summed E-state index contributed by atoms with van der Waals surface area (Å²) in [5, 5.41) is 19.5. The van der Waals surface area contributed by atoms with Gasteiger partial charge in [0.2, 0.25) is 0 Å². The Hall–Kier alpha value is -2.66. The first-order chi connectivity index (χ1) is 7.71. The molecule has 0 aliphatic carbocycles. The van der Waals surface area contributed by atoms with Crippen LogP contribution in [0.15, 0.2) is 30.0 Å². The van der Waals surface area contributed by atoms with Gasteiger partial charge < -0.3 is 5.32 Å². The molecule has 0 saturated carbocycles. The van der Waals surface area contributed by atoms with Crippen molar-refractivity contribution in [1.29, 1.82) is 10.5 Å². The number of halogens is 1. The quantitative estimate of drug-likeness (QED) is 0.617. The van der Waals surface area contributed by atoms with E-state index in [1.807, 2.05) is 0 Å². The SMILES string of the molecule is N#CC(C#N)=CNc1ccc(F)cc1C=O. The molecule has 0 radical (unpaired) electrons. The molecule has 1 aromatic rings. The van der Waals surface area contributed by atoms with Gasteiger partial charge in [0.25, 0.3) is 0 Å². The summed E-state index contributed by atoms with van der Waals surface area (Å²) in [6, 6.07) is 6.87. The minimum Gasteiger partial charge on any atom is -0.359 e. The van der Waals surface area contributed by atoms with E-state index in [0.29, 0.717) is 12.0 Å². The lowest BCUT2D eigenvalue weighted by Crippen LogP contribution is -1.95. The second-order valence-electron chi connectivity index (χ2n) is 2.78. The Labute approximate surface area is 91.2 Å². The molecule has 0 aliphatic heterocycles. The largest absolute Gasteiger partial charge is 0.359 e. The van der Waals surface area contributed by atoms with E-state index >= 15 is 0 Å². The lowest BCUT2D eigenvalue weighted by molar-refractivity contribution is 0.112. The average Bonchev–Trinajstić information content (AvgIpc) is 2.31. The maximum absolute atomic E-state index is 12.8. The maximum atomic E-state index is 12.8. The number of anilines is 1. The summed E-state index contributed by atoms with van der Waals surface area (Å²) in [6.07, 6.45) is 1.64. The highest BCUT2D eigenvalue weighted by Gasteiger charge is 2.02. The highest BCUT2D eigenvalue weighted by Crippen LogP contribution is 2.15. The standard InChI is InChI=1S/C11H6FN3O/c12-10-1-2-11(9(3-10)7-16)15-6-8(4-13)5-14/h1-3,6-7,15H. The Morgan fingerprint density at radius 3 is 2.62 bits per heavy atom. The van der Waals surface area contributed by atoms with E-state index < -0.39 is 5.82 Å². The van der Waals surface area contributed by atoms with Crippen LogP contribution in [-0.4, -0.2) is 6.29 Å². The number of rotatable bonds is 3. The first kappa shape index (κ1) is 11.4. The lowest BCUT2D eigenvalue weighted by Gasteiger charge is -2.03. The molecule has 0 fully saturated rings. The van der Waals surface area contributed by atoms with Crippen LogP contribution in [-0.2, 0) is 0 Å². The smallest absolute Gasteiger partial charge is 0.152 e. The molecule has 0 aromatic heterocycles. The lowest BCUT2D eigenvalue weighted by atomic mass is 10.2. The summed E-state index contributed by atoms with van der Waals surface area (Å²) < 4.78 is 12.8.